The lowest BCUT2D eigenvalue weighted by atomic mass is 10.3. The third-order valence-electron chi connectivity index (χ3n) is 2.48. The highest BCUT2D eigenvalue weighted by Crippen LogP contribution is 2.22. The number of anilines is 1. The van der Waals surface area contributed by atoms with E-state index in [0.29, 0.717) is 16.4 Å². The zero-order valence-corrected chi connectivity index (χ0v) is 12.6. The van der Waals surface area contributed by atoms with Crippen molar-refractivity contribution >= 4 is 31.6 Å². The van der Waals surface area contributed by atoms with E-state index in [1.807, 2.05) is 0 Å². The fourth-order valence-corrected chi connectivity index (χ4v) is 3.13. The van der Waals surface area contributed by atoms with Gasteiger partial charge in [-0.05, 0) is 53.2 Å². The first-order valence-corrected chi connectivity index (χ1v) is 7.68. The number of aryl methyl sites for hydroxylation is 1. The van der Waals surface area contributed by atoms with Crippen LogP contribution in [0.2, 0.25) is 0 Å². The summed E-state index contributed by atoms with van der Waals surface area (Å²) in [6.07, 6.45) is 0. The van der Waals surface area contributed by atoms with E-state index in [4.69, 9.17) is 0 Å². The van der Waals surface area contributed by atoms with Gasteiger partial charge in [-0.15, -0.1) is 0 Å². The minimum Gasteiger partial charge on any atom is -0.278 e. The molecule has 0 saturated carbocycles. The van der Waals surface area contributed by atoms with E-state index in [2.05, 4.69) is 25.6 Å². The van der Waals surface area contributed by atoms with Crippen molar-refractivity contribution in [2.24, 2.45) is 0 Å². The van der Waals surface area contributed by atoms with Crippen molar-refractivity contribution in [1.29, 1.82) is 0 Å². The number of aromatic nitrogens is 1. The zero-order valence-electron chi connectivity index (χ0n) is 10.2. The van der Waals surface area contributed by atoms with Crippen LogP contribution in [0, 0.1) is 18.6 Å². The highest BCUT2D eigenvalue weighted by Gasteiger charge is 2.21. The molecule has 0 aliphatic carbocycles. The average Bonchev–Trinajstić information content (AvgIpc) is 2.35. The Labute approximate surface area is 123 Å². The van der Waals surface area contributed by atoms with E-state index in [9.17, 15) is 17.2 Å². The van der Waals surface area contributed by atoms with Gasteiger partial charge in [-0.3, -0.25) is 4.72 Å². The standard InChI is InChI=1S/C12H9BrF2N2O2S/c1-7-10(4-5-12(13)16-7)17-20(18,19)11-6-8(14)2-3-9(11)15/h2-6,17H,1H3. The van der Waals surface area contributed by atoms with E-state index in [0.717, 1.165) is 12.1 Å². The molecule has 0 spiro atoms. The molecule has 20 heavy (non-hydrogen) atoms. The number of nitrogens with one attached hydrogen (secondary N) is 1. The van der Waals surface area contributed by atoms with Gasteiger partial charge < -0.3 is 0 Å². The smallest absolute Gasteiger partial charge is 0.264 e. The Morgan fingerprint density at radius 2 is 1.90 bits per heavy atom. The molecule has 0 radical (unpaired) electrons. The molecular formula is C12H9BrF2N2O2S. The van der Waals surface area contributed by atoms with Gasteiger partial charge in [0.25, 0.3) is 10.0 Å². The number of halogens is 3. The Balaban J connectivity index is 2.43. The van der Waals surface area contributed by atoms with Gasteiger partial charge in [0.2, 0.25) is 0 Å². The number of pyridine rings is 1. The SMILES string of the molecule is Cc1nc(Br)ccc1NS(=O)(=O)c1cc(F)ccc1F. The van der Waals surface area contributed by atoms with Gasteiger partial charge in [-0.1, -0.05) is 0 Å². The molecule has 0 unspecified atom stereocenters. The molecule has 4 nitrogen and oxygen atoms in total. The van der Waals surface area contributed by atoms with E-state index in [-0.39, 0.29) is 5.69 Å². The van der Waals surface area contributed by atoms with Crippen LogP contribution in [0.5, 0.6) is 0 Å². The quantitative estimate of drug-likeness (QED) is 0.852. The summed E-state index contributed by atoms with van der Waals surface area (Å²) < 4.78 is 53.4. The van der Waals surface area contributed by atoms with Crippen LogP contribution in [0.3, 0.4) is 0 Å². The lowest BCUT2D eigenvalue weighted by Crippen LogP contribution is -2.16. The molecule has 0 saturated heterocycles. The molecular weight excluding hydrogens is 354 g/mol. The van der Waals surface area contributed by atoms with Crippen LogP contribution in [0.4, 0.5) is 14.5 Å². The molecule has 1 N–H and O–H groups in total. The number of rotatable bonds is 3. The second kappa shape index (κ2) is 5.45. The van der Waals surface area contributed by atoms with Gasteiger partial charge in [0.1, 0.15) is 21.1 Å². The van der Waals surface area contributed by atoms with Crippen LogP contribution >= 0.6 is 15.9 Å². The maximum Gasteiger partial charge on any atom is 0.264 e. The Hall–Kier alpha value is -1.54. The molecule has 0 bridgehead atoms. The van der Waals surface area contributed by atoms with Gasteiger partial charge in [0, 0.05) is 0 Å². The Kier molecular flexibility index (Phi) is 4.05. The Morgan fingerprint density at radius 3 is 2.55 bits per heavy atom. The third kappa shape index (κ3) is 3.13. The fraction of sp³-hybridized carbons (Fsp3) is 0.0833. The third-order valence-corrected chi connectivity index (χ3v) is 4.30. The minimum absolute atomic E-state index is 0.192. The second-order valence-electron chi connectivity index (χ2n) is 3.95. The molecule has 1 aromatic heterocycles. The van der Waals surface area contributed by atoms with Gasteiger partial charge >= 0.3 is 0 Å². The van der Waals surface area contributed by atoms with Crippen molar-refractivity contribution < 1.29 is 17.2 Å². The summed E-state index contributed by atoms with van der Waals surface area (Å²) in [5, 5.41) is 0. The normalized spacial score (nSPS) is 11.4. The van der Waals surface area contributed by atoms with Crippen molar-refractivity contribution in [3.8, 4) is 0 Å². The van der Waals surface area contributed by atoms with Crippen LogP contribution in [-0.2, 0) is 10.0 Å². The number of sulfonamides is 1. The summed E-state index contributed by atoms with van der Waals surface area (Å²) >= 11 is 3.14. The van der Waals surface area contributed by atoms with E-state index in [1.54, 1.807) is 6.92 Å². The van der Waals surface area contributed by atoms with Crippen molar-refractivity contribution in [2.75, 3.05) is 4.72 Å². The number of benzene rings is 1. The number of nitrogens with zero attached hydrogens (tertiary/aromatic N) is 1. The molecule has 106 valence electrons. The predicted molar refractivity (Wildman–Crippen MR) is 73.8 cm³/mol. The summed E-state index contributed by atoms with van der Waals surface area (Å²) in [5.41, 5.74) is 0.594. The maximum atomic E-state index is 13.5. The zero-order chi connectivity index (χ0) is 14.9. The molecule has 0 aliphatic rings. The van der Waals surface area contributed by atoms with Crippen molar-refractivity contribution in [3.05, 3.63) is 52.3 Å². The molecule has 2 rings (SSSR count). The van der Waals surface area contributed by atoms with E-state index >= 15 is 0 Å². The van der Waals surface area contributed by atoms with Crippen LogP contribution in [-0.4, -0.2) is 13.4 Å². The van der Waals surface area contributed by atoms with Crippen LogP contribution in [0.1, 0.15) is 5.69 Å². The summed E-state index contributed by atoms with van der Waals surface area (Å²) in [7, 11) is -4.22. The molecule has 2 aromatic rings. The van der Waals surface area contributed by atoms with Crippen molar-refractivity contribution in [3.63, 3.8) is 0 Å². The monoisotopic (exact) mass is 362 g/mol. The maximum absolute atomic E-state index is 13.5. The Morgan fingerprint density at radius 1 is 1.20 bits per heavy atom. The van der Waals surface area contributed by atoms with Crippen molar-refractivity contribution in [2.45, 2.75) is 11.8 Å². The van der Waals surface area contributed by atoms with Crippen molar-refractivity contribution in [1.82, 2.24) is 4.98 Å². The predicted octanol–water partition coefficient (Wildman–Crippen LogP) is 3.23. The molecule has 0 amide bonds. The van der Waals surface area contributed by atoms with Gasteiger partial charge in [0.15, 0.2) is 0 Å². The molecule has 8 heteroatoms. The number of hydrogen-bond donors (Lipinski definition) is 1. The summed E-state index contributed by atoms with van der Waals surface area (Å²) in [6, 6.07) is 5.24. The largest absolute Gasteiger partial charge is 0.278 e. The topological polar surface area (TPSA) is 59.1 Å². The summed E-state index contributed by atoms with van der Waals surface area (Å²) in [5.74, 6) is -1.86. The highest BCUT2D eigenvalue weighted by atomic mass is 79.9. The first-order valence-electron chi connectivity index (χ1n) is 5.40. The lowest BCUT2D eigenvalue weighted by Gasteiger charge is -2.10. The van der Waals surface area contributed by atoms with Gasteiger partial charge in [-0.2, -0.15) is 0 Å². The van der Waals surface area contributed by atoms with Gasteiger partial charge in [-0.25, -0.2) is 22.2 Å². The first-order chi connectivity index (χ1) is 9.29. The summed E-state index contributed by atoms with van der Waals surface area (Å²) in [6.45, 7) is 1.59. The van der Waals surface area contributed by atoms with Gasteiger partial charge in [0.05, 0.1) is 11.4 Å². The van der Waals surface area contributed by atoms with Crippen LogP contribution in [0.15, 0.2) is 39.8 Å². The highest BCUT2D eigenvalue weighted by molar-refractivity contribution is 9.10. The van der Waals surface area contributed by atoms with E-state index < -0.39 is 26.6 Å². The number of hydrogen-bond acceptors (Lipinski definition) is 3. The molecule has 0 fully saturated rings. The molecule has 1 heterocycles. The fourth-order valence-electron chi connectivity index (χ4n) is 1.52. The minimum atomic E-state index is -4.22. The Bertz CT molecular complexity index is 766. The molecule has 0 atom stereocenters. The first kappa shape index (κ1) is 14.9. The van der Waals surface area contributed by atoms with E-state index in [1.165, 1.54) is 12.1 Å². The van der Waals surface area contributed by atoms with Crippen LogP contribution in [0.25, 0.3) is 0 Å². The second-order valence-corrected chi connectivity index (χ2v) is 6.41. The lowest BCUT2D eigenvalue weighted by molar-refractivity contribution is 0.555. The molecule has 0 aliphatic heterocycles. The average molecular weight is 363 g/mol. The molecule has 1 aromatic carbocycles. The van der Waals surface area contributed by atoms with Crippen LogP contribution < -0.4 is 4.72 Å². The summed E-state index contributed by atoms with van der Waals surface area (Å²) in [4.78, 5) is 3.26.